The second-order valence-electron chi connectivity index (χ2n) is 4.30. The first-order chi connectivity index (χ1) is 9.99. The zero-order valence-electron chi connectivity index (χ0n) is 11.3. The van der Waals surface area contributed by atoms with Crippen LogP contribution < -0.4 is 15.8 Å². The second kappa shape index (κ2) is 6.83. The van der Waals surface area contributed by atoms with Crippen molar-refractivity contribution in [3.8, 4) is 5.75 Å². The molecule has 2 aromatic carbocycles. The molecule has 0 atom stereocenters. The minimum atomic E-state index is -0.286. The number of anilines is 2. The van der Waals surface area contributed by atoms with E-state index >= 15 is 0 Å². The standard InChI is InChI=1S/C15H14BrClN2O2/c1-2-21-14-4-3-11(17)8-13(14)19-15(20)9-5-10(16)7-12(18)6-9/h3-8H,2,18H2,1H3,(H,19,20). The Kier molecular flexibility index (Phi) is 5.09. The quantitative estimate of drug-likeness (QED) is 0.788. The van der Waals surface area contributed by atoms with E-state index in [2.05, 4.69) is 21.2 Å². The number of nitrogens with two attached hydrogens (primary N) is 1. The lowest BCUT2D eigenvalue weighted by Crippen LogP contribution is -2.13. The SMILES string of the molecule is CCOc1ccc(Cl)cc1NC(=O)c1cc(N)cc(Br)c1. The Bertz CT molecular complexity index is 656. The Morgan fingerprint density at radius 3 is 2.76 bits per heavy atom. The van der Waals surface area contributed by atoms with Gasteiger partial charge in [0.2, 0.25) is 0 Å². The molecule has 0 aliphatic heterocycles. The van der Waals surface area contributed by atoms with Crippen molar-refractivity contribution >= 4 is 44.8 Å². The van der Waals surface area contributed by atoms with E-state index in [0.29, 0.717) is 34.3 Å². The molecule has 2 aromatic rings. The maximum Gasteiger partial charge on any atom is 0.255 e. The van der Waals surface area contributed by atoms with Crippen LogP contribution in [0.15, 0.2) is 40.9 Å². The largest absolute Gasteiger partial charge is 0.492 e. The van der Waals surface area contributed by atoms with Gasteiger partial charge in [-0.3, -0.25) is 4.79 Å². The Morgan fingerprint density at radius 1 is 1.33 bits per heavy atom. The molecular formula is C15H14BrClN2O2. The Morgan fingerprint density at radius 2 is 2.10 bits per heavy atom. The van der Waals surface area contributed by atoms with Crippen molar-refractivity contribution in [1.82, 2.24) is 0 Å². The van der Waals surface area contributed by atoms with E-state index in [4.69, 9.17) is 22.1 Å². The van der Waals surface area contributed by atoms with Gasteiger partial charge in [0, 0.05) is 20.7 Å². The van der Waals surface area contributed by atoms with Gasteiger partial charge in [-0.05, 0) is 43.3 Å². The van der Waals surface area contributed by atoms with Crippen LogP contribution in [0, 0.1) is 0 Å². The summed E-state index contributed by atoms with van der Waals surface area (Å²) in [7, 11) is 0. The maximum absolute atomic E-state index is 12.3. The summed E-state index contributed by atoms with van der Waals surface area (Å²) >= 11 is 9.27. The number of amides is 1. The second-order valence-corrected chi connectivity index (χ2v) is 5.65. The van der Waals surface area contributed by atoms with E-state index in [1.807, 2.05) is 6.92 Å². The molecule has 21 heavy (non-hydrogen) atoms. The predicted octanol–water partition coefficient (Wildman–Crippen LogP) is 4.34. The van der Waals surface area contributed by atoms with Gasteiger partial charge in [-0.15, -0.1) is 0 Å². The number of hydrogen-bond acceptors (Lipinski definition) is 3. The first-order valence-electron chi connectivity index (χ1n) is 6.29. The highest BCUT2D eigenvalue weighted by atomic mass is 79.9. The lowest BCUT2D eigenvalue weighted by atomic mass is 10.2. The molecule has 0 heterocycles. The zero-order valence-corrected chi connectivity index (χ0v) is 13.7. The summed E-state index contributed by atoms with van der Waals surface area (Å²) in [6.07, 6.45) is 0. The number of nitrogen functional groups attached to an aromatic ring is 1. The van der Waals surface area contributed by atoms with E-state index < -0.39 is 0 Å². The number of ether oxygens (including phenoxy) is 1. The molecule has 0 spiro atoms. The van der Waals surface area contributed by atoms with Crippen LogP contribution in [0.25, 0.3) is 0 Å². The Labute approximate surface area is 136 Å². The molecule has 4 nitrogen and oxygen atoms in total. The van der Waals surface area contributed by atoms with Crippen LogP contribution in [0.4, 0.5) is 11.4 Å². The van der Waals surface area contributed by atoms with Crippen molar-refractivity contribution < 1.29 is 9.53 Å². The monoisotopic (exact) mass is 368 g/mol. The van der Waals surface area contributed by atoms with Crippen molar-refractivity contribution in [1.29, 1.82) is 0 Å². The number of carbonyl (C=O) groups excluding carboxylic acids is 1. The van der Waals surface area contributed by atoms with Crippen molar-refractivity contribution in [2.75, 3.05) is 17.7 Å². The van der Waals surface area contributed by atoms with Gasteiger partial charge >= 0.3 is 0 Å². The van der Waals surface area contributed by atoms with Crippen molar-refractivity contribution in [2.45, 2.75) is 6.92 Å². The van der Waals surface area contributed by atoms with Gasteiger partial charge < -0.3 is 15.8 Å². The molecule has 0 radical (unpaired) electrons. The topological polar surface area (TPSA) is 64.3 Å². The molecule has 0 aliphatic rings. The van der Waals surface area contributed by atoms with Gasteiger partial charge in [0.15, 0.2) is 0 Å². The van der Waals surface area contributed by atoms with Gasteiger partial charge in [0.05, 0.1) is 12.3 Å². The Hall–Kier alpha value is -1.72. The third kappa shape index (κ3) is 4.12. The molecule has 0 aliphatic carbocycles. The molecule has 3 N–H and O–H groups in total. The third-order valence-electron chi connectivity index (χ3n) is 2.67. The van der Waals surface area contributed by atoms with Crippen LogP contribution in [0.3, 0.4) is 0 Å². The van der Waals surface area contributed by atoms with Gasteiger partial charge in [0.25, 0.3) is 5.91 Å². The smallest absolute Gasteiger partial charge is 0.255 e. The van der Waals surface area contributed by atoms with Gasteiger partial charge in [-0.25, -0.2) is 0 Å². The highest BCUT2D eigenvalue weighted by Crippen LogP contribution is 2.29. The van der Waals surface area contributed by atoms with Crippen LogP contribution in [0.2, 0.25) is 5.02 Å². The van der Waals surface area contributed by atoms with Crippen molar-refractivity contribution in [3.05, 3.63) is 51.5 Å². The molecule has 0 saturated heterocycles. The fourth-order valence-corrected chi connectivity index (χ4v) is 2.50. The maximum atomic E-state index is 12.3. The van der Waals surface area contributed by atoms with E-state index in [0.717, 1.165) is 4.47 Å². The zero-order chi connectivity index (χ0) is 15.4. The molecule has 0 fully saturated rings. The summed E-state index contributed by atoms with van der Waals surface area (Å²) in [5, 5.41) is 3.30. The van der Waals surface area contributed by atoms with Gasteiger partial charge in [-0.2, -0.15) is 0 Å². The fraction of sp³-hybridized carbons (Fsp3) is 0.133. The number of carbonyl (C=O) groups is 1. The summed E-state index contributed by atoms with van der Waals surface area (Å²) in [6, 6.07) is 10.1. The fourth-order valence-electron chi connectivity index (χ4n) is 1.82. The summed E-state index contributed by atoms with van der Waals surface area (Å²) in [5.41, 5.74) is 7.21. The van der Waals surface area contributed by atoms with Crippen LogP contribution in [0.5, 0.6) is 5.75 Å². The van der Waals surface area contributed by atoms with E-state index in [-0.39, 0.29) is 5.91 Å². The number of nitrogens with one attached hydrogen (secondary N) is 1. The molecule has 6 heteroatoms. The summed E-state index contributed by atoms with van der Waals surface area (Å²) in [6.45, 7) is 2.36. The van der Waals surface area contributed by atoms with Crippen molar-refractivity contribution in [3.63, 3.8) is 0 Å². The first-order valence-corrected chi connectivity index (χ1v) is 7.46. The molecule has 2 rings (SSSR count). The van der Waals surface area contributed by atoms with Gasteiger partial charge in [-0.1, -0.05) is 27.5 Å². The van der Waals surface area contributed by atoms with Crippen molar-refractivity contribution in [2.24, 2.45) is 0 Å². The highest BCUT2D eigenvalue weighted by Gasteiger charge is 2.12. The molecule has 0 unspecified atom stereocenters. The number of rotatable bonds is 4. The lowest BCUT2D eigenvalue weighted by molar-refractivity contribution is 0.102. The number of benzene rings is 2. The van der Waals surface area contributed by atoms with Crippen LogP contribution in [0.1, 0.15) is 17.3 Å². The van der Waals surface area contributed by atoms with E-state index in [9.17, 15) is 4.79 Å². The molecule has 0 bridgehead atoms. The van der Waals surface area contributed by atoms with Crippen LogP contribution in [-0.2, 0) is 0 Å². The number of hydrogen-bond donors (Lipinski definition) is 2. The van der Waals surface area contributed by atoms with Gasteiger partial charge in [0.1, 0.15) is 5.75 Å². The summed E-state index contributed by atoms with van der Waals surface area (Å²) < 4.78 is 6.21. The van der Waals surface area contributed by atoms with Crippen LogP contribution in [-0.4, -0.2) is 12.5 Å². The Balaban J connectivity index is 2.28. The lowest BCUT2D eigenvalue weighted by Gasteiger charge is -2.12. The summed E-state index contributed by atoms with van der Waals surface area (Å²) in [5.74, 6) is 0.282. The predicted molar refractivity (Wildman–Crippen MR) is 89.1 cm³/mol. The summed E-state index contributed by atoms with van der Waals surface area (Å²) in [4.78, 5) is 12.3. The van der Waals surface area contributed by atoms with E-state index in [1.165, 1.54) is 0 Å². The minimum Gasteiger partial charge on any atom is -0.492 e. The third-order valence-corrected chi connectivity index (χ3v) is 3.36. The average Bonchev–Trinajstić information content (AvgIpc) is 2.41. The minimum absolute atomic E-state index is 0.286. The first kappa shape index (κ1) is 15.7. The molecule has 0 aromatic heterocycles. The van der Waals surface area contributed by atoms with E-state index in [1.54, 1.807) is 36.4 Å². The molecule has 110 valence electrons. The molecular weight excluding hydrogens is 356 g/mol. The van der Waals surface area contributed by atoms with Crippen LogP contribution >= 0.6 is 27.5 Å². The molecule has 1 amide bonds. The number of halogens is 2. The highest BCUT2D eigenvalue weighted by molar-refractivity contribution is 9.10. The average molecular weight is 370 g/mol. The molecule has 0 saturated carbocycles. The normalized spacial score (nSPS) is 10.2.